The number of aryl methyl sites for hydroxylation is 1. The number of amides is 1. The van der Waals surface area contributed by atoms with Gasteiger partial charge < -0.3 is 14.7 Å². The van der Waals surface area contributed by atoms with Crippen molar-refractivity contribution in [2.45, 2.75) is 45.9 Å². The van der Waals surface area contributed by atoms with E-state index < -0.39 is 5.97 Å². The minimum absolute atomic E-state index is 0.0267. The van der Waals surface area contributed by atoms with Gasteiger partial charge in [-0.3, -0.25) is 18.7 Å². The molecule has 43 heavy (non-hydrogen) atoms. The summed E-state index contributed by atoms with van der Waals surface area (Å²) < 4.78 is 9.40. The van der Waals surface area contributed by atoms with Crippen LogP contribution in [0.2, 0.25) is 5.02 Å². The average Bonchev–Trinajstić information content (AvgIpc) is 3.28. The molecule has 4 aromatic rings. The Balaban J connectivity index is 1.50. The van der Waals surface area contributed by atoms with Gasteiger partial charge in [0.1, 0.15) is 11.4 Å². The Hall–Kier alpha value is -4.15. The number of aromatic carboxylic acids is 1. The van der Waals surface area contributed by atoms with E-state index >= 15 is 0 Å². The van der Waals surface area contributed by atoms with Crippen LogP contribution in [0.4, 0.5) is 0 Å². The molecule has 1 aromatic heterocycles. The molecule has 222 valence electrons. The lowest BCUT2D eigenvalue weighted by molar-refractivity contribution is 0.0692. The third kappa shape index (κ3) is 6.45. The number of hydrogen-bond donors (Lipinski definition) is 1. The number of ether oxygens (including phenoxy) is 1. The van der Waals surface area contributed by atoms with Gasteiger partial charge in [0.25, 0.3) is 5.91 Å². The van der Waals surface area contributed by atoms with Crippen molar-refractivity contribution in [1.82, 2.24) is 14.0 Å². The Morgan fingerprint density at radius 3 is 2.28 bits per heavy atom. The Morgan fingerprint density at radius 2 is 1.65 bits per heavy atom. The number of carboxylic acid groups (broad SMARTS) is 1. The molecule has 0 radical (unpaired) electrons. The number of fused-ring (bicyclic) bond motifs is 1. The number of hydrogen-bond acceptors (Lipinski definition) is 5. The second kappa shape index (κ2) is 12.6. The van der Waals surface area contributed by atoms with Crippen molar-refractivity contribution in [3.8, 4) is 11.4 Å². The number of ketones is 1. The summed E-state index contributed by atoms with van der Waals surface area (Å²) in [7, 11) is 0. The number of aromatic nitrogens is 2. The maximum atomic E-state index is 13.9. The van der Waals surface area contributed by atoms with Crippen LogP contribution in [0.15, 0.2) is 76.0 Å². The third-order valence-corrected chi connectivity index (χ3v) is 8.44. The Kier molecular flexibility index (Phi) is 8.89. The number of carboxylic acids is 1. The van der Waals surface area contributed by atoms with Crippen molar-refractivity contribution in [2.24, 2.45) is 0 Å². The molecule has 0 fully saturated rings. The van der Waals surface area contributed by atoms with Gasteiger partial charge in [-0.05, 0) is 96.4 Å². The van der Waals surface area contributed by atoms with Crippen LogP contribution in [0.25, 0.3) is 5.69 Å². The van der Waals surface area contributed by atoms with Crippen molar-refractivity contribution < 1.29 is 24.2 Å². The van der Waals surface area contributed by atoms with Crippen LogP contribution in [0.1, 0.15) is 62.7 Å². The lowest BCUT2D eigenvalue weighted by Gasteiger charge is -2.28. The fourth-order valence-electron chi connectivity index (χ4n) is 5.11. The summed E-state index contributed by atoms with van der Waals surface area (Å²) in [4.78, 5) is 53.9. The molecule has 11 heteroatoms. The van der Waals surface area contributed by atoms with Gasteiger partial charge in [-0.15, -0.1) is 0 Å². The molecular weight excluding hydrogens is 638 g/mol. The van der Waals surface area contributed by atoms with Crippen molar-refractivity contribution in [3.05, 3.63) is 115 Å². The zero-order chi connectivity index (χ0) is 30.8. The number of carbonyl (C=O) groups excluding carboxylic acids is 2. The van der Waals surface area contributed by atoms with Gasteiger partial charge in [-0.25, -0.2) is 9.59 Å². The number of benzene rings is 3. The number of imidazole rings is 1. The summed E-state index contributed by atoms with van der Waals surface area (Å²) in [6, 6.07) is 18.3. The van der Waals surface area contributed by atoms with Crippen molar-refractivity contribution in [3.63, 3.8) is 0 Å². The summed E-state index contributed by atoms with van der Waals surface area (Å²) >= 11 is 9.58. The molecule has 0 bridgehead atoms. The van der Waals surface area contributed by atoms with Crippen LogP contribution in [-0.4, -0.2) is 49.4 Å². The van der Waals surface area contributed by atoms with E-state index in [1.54, 1.807) is 64.1 Å². The highest BCUT2D eigenvalue weighted by molar-refractivity contribution is 9.10. The Morgan fingerprint density at radius 1 is 0.977 bits per heavy atom. The minimum atomic E-state index is -1.03. The number of Topliss-reactive ketones (excluding diaryl/α,β-unsaturated/α-hetero) is 1. The monoisotopic (exact) mass is 665 g/mol. The zero-order valence-corrected chi connectivity index (χ0v) is 25.9. The quantitative estimate of drug-likeness (QED) is 0.219. The molecule has 1 N–H and O–H groups in total. The van der Waals surface area contributed by atoms with Gasteiger partial charge >= 0.3 is 11.7 Å². The van der Waals surface area contributed by atoms with Gasteiger partial charge in [0.15, 0.2) is 5.78 Å². The van der Waals surface area contributed by atoms with Crippen LogP contribution in [0.5, 0.6) is 5.75 Å². The van der Waals surface area contributed by atoms with Gasteiger partial charge in [0.2, 0.25) is 0 Å². The maximum Gasteiger partial charge on any atom is 0.335 e. The van der Waals surface area contributed by atoms with Crippen molar-refractivity contribution in [2.75, 3.05) is 6.54 Å². The molecule has 0 saturated heterocycles. The molecular formula is C32H29BrClN3O6. The van der Waals surface area contributed by atoms with E-state index in [2.05, 4.69) is 15.9 Å². The van der Waals surface area contributed by atoms with E-state index in [1.165, 1.54) is 16.7 Å². The van der Waals surface area contributed by atoms with Crippen LogP contribution in [0.3, 0.4) is 0 Å². The smallest absolute Gasteiger partial charge is 0.335 e. The molecule has 5 rings (SSSR count). The normalized spacial score (nSPS) is 12.7. The molecule has 0 aliphatic carbocycles. The number of nitrogens with zero attached hydrogens (tertiary/aromatic N) is 3. The van der Waals surface area contributed by atoms with Gasteiger partial charge in [-0.2, -0.15) is 0 Å². The van der Waals surface area contributed by atoms with E-state index in [0.717, 1.165) is 5.56 Å². The first-order valence-corrected chi connectivity index (χ1v) is 14.9. The molecule has 1 amide bonds. The Labute approximate surface area is 261 Å². The van der Waals surface area contributed by atoms with Crippen molar-refractivity contribution in [1.29, 1.82) is 0 Å². The van der Waals surface area contributed by atoms with Crippen molar-refractivity contribution >= 4 is 45.2 Å². The van der Waals surface area contributed by atoms with E-state index in [0.29, 0.717) is 38.6 Å². The molecule has 1 aliphatic rings. The topological polar surface area (TPSA) is 111 Å². The van der Waals surface area contributed by atoms with Crippen LogP contribution >= 0.6 is 27.5 Å². The molecule has 3 aromatic carbocycles. The number of rotatable bonds is 9. The summed E-state index contributed by atoms with van der Waals surface area (Å²) in [5.41, 5.74) is 2.18. The predicted octanol–water partition coefficient (Wildman–Crippen LogP) is 6.01. The highest BCUT2D eigenvalue weighted by atomic mass is 79.9. The molecule has 1 aliphatic heterocycles. The fourth-order valence-corrected chi connectivity index (χ4v) is 5.53. The second-order valence-electron chi connectivity index (χ2n) is 10.5. The van der Waals surface area contributed by atoms with Gasteiger partial charge in [-0.1, -0.05) is 23.7 Å². The summed E-state index contributed by atoms with van der Waals surface area (Å²) in [5, 5.41) is 9.59. The summed E-state index contributed by atoms with van der Waals surface area (Å²) in [6.07, 6.45) is 0.396. The van der Waals surface area contributed by atoms with E-state index in [4.69, 9.17) is 16.3 Å². The van der Waals surface area contributed by atoms with Crippen LogP contribution in [0, 0.1) is 0 Å². The zero-order valence-electron chi connectivity index (χ0n) is 23.5. The summed E-state index contributed by atoms with van der Waals surface area (Å²) in [6.45, 7) is 4.41. The molecule has 0 saturated carbocycles. The molecule has 9 nitrogen and oxygen atoms in total. The lowest BCUT2D eigenvalue weighted by Crippen LogP contribution is -2.41. The highest BCUT2D eigenvalue weighted by Gasteiger charge is 2.32. The number of carbonyl (C=O) groups is 3. The van der Waals surface area contributed by atoms with E-state index in [1.807, 2.05) is 13.8 Å². The predicted molar refractivity (Wildman–Crippen MR) is 166 cm³/mol. The second-order valence-corrected chi connectivity index (χ2v) is 11.8. The molecule has 0 spiro atoms. The van der Waals surface area contributed by atoms with Crippen LogP contribution in [-0.2, 0) is 19.5 Å². The first-order valence-electron chi connectivity index (χ1n) is 13.7. The largest absolute Gasteiger partial charge is 0.491 e. The van der Waals surface area contributed by atoms with Crippen LogP contribution < -0.4 is 10.4 Å². The first kappa shape index (κ1) is 30.3. The lowest BCUT2D eigenvalue weighted by atomic mass is 10.0. The number of halogens is 2. The molecule has 0 atom stereocenters. The third-order valence-electron chi connectivity index (χ3n) is 7.21. The molecule has 0 unspecified atom stereocenters. The van der Waals surface area contributed by atoms with Gasteiger partial charge in [0.05, 0.1) is 34.6 Å². The minimum Gasteiger partial charge on any atom is -0.491 e. The van der Waals surface area contributed by atoms with E-state index in [9.17, 15) is 24.3 Å². The Bertz CT molecular complexity index is 1760. The van der Waals surface area contributed by atoms with Gasteiger partial charge in [0, 0.05) is 29.5 Å². The average molecular weight is 667 g/mol. The summed E-state index contributed by atoms with van der Waals surface area (Å²) in [5.74, 6) is -0.913. The first-order chi connectivity index (χ1) is 20.5. The van der Waals surface area contributed by atoms with E-state index in [-0.39, 0.29) is 60.8 Å². The fraction of sp³-hybridized carbons (Fsp3) is 0.250. The maximum absolute atomic E-state index is 13.9. The molecule has 2 heterocycles. The standard InChI is InChI=1S/C32H29BrClN3O6/c1-19(2)43-24-11-9-23(10-12-24)37-29(28(38)14-5-20-3-6-21(7-4-20)31(40)41)27-18-35(15-16-36(27)32(37)42)30(39)22-8-13-25(33)26(34)17-22/h3-4,6-13,17,19H,5,14-16,18H2,1-2H3,(H,40,41). The highest BCUT2D eigenvalue weighted by Crippen LogP contribution is 2.27. The SMILES string of the molecule is CC(C)Oc1ccc(-n2c(C(=O)CCc3ccc(C(=O)O)cc3)c3n(c2=O)CCN(C(=O)c2ccc(Br)c(Cl)c2)C3)cc1.